The van der Waals surface area contributed by atoms with Crippen LogP contribution in [0, 0.1) is 12.7 Å². The number of imidazole rings is 1. The number of amides is 1. The van der Waals surface area contributed by atoms with Gasteiger partial charge in [-0.2, -0.15) is 4.37 Å². The van der Waals surface area contributed by atoms with Crippen molar-refractivity contribution in [3.63, 3.8) is 0 Å². The van der Waals surface area contributed by atoms with E-state index in [1.807, 2.05) is 6.07 Å². The number of carbonyl (C=O) groups excluding carboxylic acids is 1. The first-order valence-electron chi connectivity index (χ1n) is 14.7. The van der Waals surface area contributed by atoms with Crippen molar-refractivity contribution in [3.05, 3.63) is 71.4 Å². The van der Waals surface area contributed by atoms with Crippen molar-refractivity contribution in [3.8, 4) is 5.88 Å². The van der Waals surface area contributed by atoms with E-state index >= 15 is 0 Å². The maximum Gasteiger partial charge on any atom is 0.279 e. The zero-order chi connectivity index (χ0) is 28.1. The second-order valence-electron chi connectivity index (χ2n) is 12.0. The van der Waals surface area contributed by atoms with Crippen molar-refractivity contribution in [2.45, 2.75) is 75.4 Å². The Bertz CT molecular complexity index is 1560. The molecule has 0 spiro atoms. The Morgan fingerprint density at radius 2 is 1.80 bits per heavy atom. The van der Waals surface area contributed by atoms with Crippen LogP contribution in [-0.4, -0.2) is 70.8 Å². The predicted molar refractivity (Wildman–Crippen MR) is 156 cm³/mol. The highest BCUT2D eigenvalue weighted by molar-refractivity contribution is 6.99. The second kappa shape index (κ2) is 10.5. The van der Waals surface area contributed by atoms with Crippen molar-refractivity contribution >= 4 is 28.7 Å². The van der Waals surface area contributed by atoms with E-state index < -0.39 is 0 Å². The molecule has 3 atom stereocenters. The van der Waals surface area contributed by atoms with Gasteiger partial charge in [0.15, 0.2) is 0 Å². The number of nitrogens with zero attached hydrogens (tertiary/aromatic N) is 6. The molecule has 0 unspecified atom stereocenters. The summed E-state index contributed by atoms with van der Waals surface area (Å²) in [5.74, 6) is 0.283. The number of likely N-dealkylation sites (tertiary alicyclic amines) is 1. The number of hydrogen-bond acceptors (Lipinski definition) is 7. The third-order valence-electron chi connectivity index (χ3n) is 9.96. The summed E-state index contributed by atoms with van der Waals surface area (Å²) in [4.78, 5) is 22.3. The number of halogens is 1. The van der Waals surface area contributed by atoms with Crippen LogP contribution in [0.2, 0.25) is 0 Å². The first-order valence-corrected chi connectivity index (χ1v) is 15.4. The molecular formula is C31H35FN6O2S. The summed E-state index contributed by atoms with van der Waals surface area (Å²) in [6.45, 7) is 4.16. The van der Waals surface area contributed by atoms with Crippen LogP contribution in [0.25, 0.3) is 11.0 Å². The van der Waals surface area contributed by atoms with Gasteiger partial charge in [-0.3, -0.25) is 9.69 Å². The van der Waals surface area contributed by atoms with E-state index in [0.29, 0.717) is 31.2 Å². The van der Waals surface area contributed by atoms with Gasteiger partial charge in [0.25, 0.3) is 11.8 Å². The molecule has 5 heterocycles. The Morgan fingerprint density at radius 1 is 1.05 bits per heavy atom. The molecule has 3 fully saturated rings. The maximum absolute atomic E-state index is 14.5. The fourth-order valence-electron chi connectivity index (χ4n) is 7.90. The van der Waals surface area contributed by atoms with Crippen molar-refractivity contribution < 1.29 is 14.3 Å². The average molecular weight is 575 g/mol. The lowest BCUT2D eigenvalue weighted by Gasteiger charge is -2.45. The Labute approximate surface area is 243 Å². The van der Waals surface area contributed by atoms with Crippen LogP contribution in [0.4, 0.5) is 4.39 Å². The SMILES string of the molecule is Cc1nc2ccccc2n1[C@H]1C[C@H]2CC[C@@H](C1)N2CCC1(c2cccc(F)c2)CCN(C(=O)c2nsnc2O)CC1. The van der Waals surface area contributed by atoms with Crippen LogP contribution in [0.1, 0.15) is 72.9 Å². The van der Waals surface area contributed by atoms with Crippen molar-refractivity contribution in [1.29, 1.82) is 0 Å². The topological polar surface area (TPSA) is 87.4 Å². The first-order chi connectivity index (χ1) is 19.9. The van der Waals surface area contributed by atoms with E-state index in [-0.39, 0.29) is 28.7 Å². The van der Waals surface area contributed by atoms with Crippen LogP contribution in [0.3, 0.4) is 0 Å². The van der Waals surface area contributed by atoms with Crippen molar-refractivity contribution in [1.82, 2.24) is 28.1 Å². The summed E-state index contributed by atoms with van der Waals surface area (Å²) in [7, 11) is 0. The quantitative estimate of drug-likeness (QED) is 0.329. The number of rotatable bonds is 6. The van der Waals surface area contributed by atoms with Gasteiger partial charge in [0.1, 0.15) is 11.6 Å². The van der Waals surface area contributed by atoms with Gasteiger partial charge in [-0.25, -0.2) is 9.37 Å². The number of aromatic nitrogens is 4. The minimum absolute atomic E-state index is 0.0219. The van der Waals surface area contributed by atoms with E-state index in [4.69, 9.17) is 4.98 Å². The van der Waals surface area contributed by atoms with Crippen LogP contribution in [0.15, 0.2) is 48.5 Å². The predicted octanol–water partition coefficient (Wildman–Crippen LogP) is 5.47. The van der Waals surface area contributed by atoms with E-state index in [1.165, 1.54) is 24.4 Å². The molecular weight excluding hydrogens is 539 g/mol. The Balaban J connectivity index is 1.08. The lowest BCUT2D eigenvalue weighted by molar-refractivity contribution is 0.0600. The smallest absolute Gasteiger partial charge is 0.279 e. The molecule has 2 aromatic heterocycles. The average Bonchev–Trinajstić information content (AvgIpc) is 3.63. The van der Waals surface area contributed by atoms with E-state index in [1.54, 1.807) is 17.0 Å². The second-order valence-corrected chi connectivity index (χ2v) is 12.6. The van der Waals surface area contributed by atoms with Gasteiger partial charge < -0.3 is 14.6 Å². The standard InChI is InChI=1S/C31H35FN6O2S/c1-20-33-26-7-2-3-8-27(26)38(20)25-18-23-9-10-24(19-25)37(23)16-13-31(21-5-4-6-22(32)17-21)11-14-36(15-12-31)30(40)28-29(39)35-41-34-28/h2-8,17,23-25H,9-16,18-19H2,1H3,(H,35,39)/t23-,24+,25+. The number of piperidine rings is 2. The summed E-state index contributed by atoms with van der Waals surface area (Å²) in [6.07, 6.45) is 7.09. The van der Waals surface area contributed by atoms with Crippen molar-refractivity contribution in [2.24, 2.45) is 0 Å². The zero-order valence-electron chi connectivity index (χ0n) is 23.2. The zero-order valence-corrected chi connectivity index (χ0v) is 24.1. The number of para-hydroxylation sites is 2. The normalized spacial score (nSPS) is 24.2. The summed E-state index contributed by atoms with van der Waals surface area (Å²) >= 11 is 0.838. The number of fused-ring (bicyclic) bond motifs is 3. The number of aromatic hydroxyl groups is 1. The molecule has 0 aliphatic carbocycles. The molecule has 2 bridgehead atoms. The molecule has 3 aliphatic heterocycles. The molecule has 41 heavy (non-hydrogen) atoms. The number of benzene rings is 2. The van der Waals surface area contributed by atoms with Gasteiger partial charge in [-0.05, 0) is 93.7 Å². The van der Waals surface area contributed by atoms with Crippen LogP contribution in [0.5, 0.6) is 5.88 Å². The number of hydrogen-bond donors (Lipinski definition) is 1. The first kappa shape index (κ1) is 26.5. The Hall–Kier alpha value is -3.37. The van der Waals surface area contributed by atoms with Gasteiger partial charge in [-0.1, -0.05) is 24.3 Å². The van der Waals surface area contributed by atoms with Gasteiger partial charge >= 0.3 is 0 Å². The Morgan fingerprint density at radius 3 is 2.51 bits per heavy atom. The van der Waals surface area contributed by atoms with Crippen LogP contribution >= 0.6 is 11.7 Å². The fourth-order valence-corrected chi connectivity index (χ4v) is 8.34. The summed E-state index contributed by atoms with van der Waals surface area (Å²) in [5.41, 5.74) is 3.13. The lowest BCUT2D eigenvalue weighted by atomic mass is 9.70. The molecule has 1 amide bonds. The van der Waals surface area contributed by atoms with Crippen molar-refractivity contribution in [2.75, 3.05) is 19.6 Å². The molecule has 3 aliphatic rings. The van der Waals surface area contributed by atoms with Gasteiger partial charge in [0.05, 0.1) is 22.8 Å². The van der Waals surface area contributed by atoms with Crippen LogP contribution < -0.4 is 0 Å². The molecule has 4 aromatic rings. The van der Waals surface area contributed by atoms with E-state index in [9.17, 15) is 14.3 Å². The highest BCUT2D eigenvalue weighted by atomic mass is 32.1. The molecule has 10 heteroatoms. The molecule has 0 saturated carbocycles. The fraction of sp³-hybridized carbons (Fsp3) is 0.484. The largest absolute Gasteiger partial charge is 0.491 e. The highest BCUT2D eigenvalue weighted by Crippen LogP contribution is 2.45. The van der Waals surface area contributed by atoms with E-state index in [0.717, 1.165) is 67.3 Å². The molecule has 214 valence electrons. The lowest BCUT2D eigenvalue weighted by Crippen LogP contribution is -2.49. The van der Waals surface area contributed by atoms with Gasteiger partial charge in [0, 0.05) is 31.2 Å². The summed E-state index contributed by atoms with van der Waals surface area (Å²) < 4.78 is 24.7. The number of aryl methyl sites for hydroxylation is 1. The van der Waals surface area contributed by atoms with Gasteiger partial charge in [0.2, 0.25) is 5.69 Å². The molecule has 8 nitrogen and oxygen atoms in total. The minimum atomic E-state index is -0.306. The third-order valence-corrected chi connectivity index (χ3v) is 10.5. The monoisotopic (exact) mass is 574 g/mol. The molecule has 1 N–H and O–H groups in total. The minimum Gasteiger partial charge on any atom is -0.491 e. The molecule has 3 saturated heterocycles. The Kier molecular flexibility index (Phi) is 6.78. The van der Waals surface area contributed by atoms with E-state index in [2.05, 4.69) is 49.4 Å². The van der Waals surface area contributed by atoms with Gasteiger partial charge in [-0.15, -0.1) is 4.37 Å². The molecule has 0 radical (unpaired) electrons. The number of carbonyl (C=O) groups is 1. The summed E-state index contributed by atoms with van der Waals surface area (Å²) in [5, 5.41) is 9.93. The third kappa shape index (κ3) is 4.70. The maximum atomic E-state index is 14.5. The summed E-state index contributed by atoms with van der Waals surface area (Å²) in [6, 6.07) is 17.0. The van der Waals surface area contributed by atoms with Crippen LogP contribution in [-0.2, 0) is 5.41 Å². The molecule has 2 aromatic carbocycles. The highest BCUT2D eigenvalue weighted by Gasteiger charge is 2.44. The molecule has 7 rings (SSSR count).